The van der Waals surface area contributed by atoms with Crippen molar-refractivity contribution in [3.8, 4) is 0 Å². The smallest absolute Gasteiger partial charge is 0.366 e. The van der Waals surface area contributed by atoms with Crippen molar-refractivity contribution in [1.82, 2.24) is 0 Å². The van der Waals surface area contributed by atoms with Crippen LogP contribution in [-0.4, -0.2) is 26.3 Å². The summed E-state index contributed by atoms with van der Waals surface area (Å²) in [7, 11) is 1.49. The third-order valence-corrected chi connectivity index (χ3v) is 2.65. The molecule has 15 heavy (non-hydrogen) atoms. The fraction of sp³-hybridized carbons (Fsp3) is 0.727. The standard InChI is InChI=1S/C11H17FO3/c1-11(2)7-8(11)6-9(12)10(13)15-5-4-14-3/h6,8H,4-5,7H2,1-3H3. The first-order valence-corrected chi connectivity index (χ1v) is 5.01. The largest absolute Gasteiger partial charge is 0.458 e. The van der Waals surface area contributed by atoms with E-state index < -0.39 is 11.8 Å². The van der Waals surface area contributed by atoms with Gasteiger partial charge in [-0.1, -0.05) is 13.8 Å². The second-order valence-corrected chi connectivity index (χ2v) is 4.44. The van der Waals surface area contributed by atoms with Gasteiger partial charge in [0.2, 0.25) is 5.83 Å². The SMILES string of the molecule is COCCOC(=O)C(F)=CC1CC1(C)C. The fourth-order valence-electron chi connectivity index (χ4n) is 1.32. The predicted octanol–water partition coefficient (Wildman–Crippen LogP) is 2.08. The third kappa shape index (κ3) is 3.63. The lowest BCUT2D eigenvalue weighted by atomic mass is 10.1. The van der Waals surface area contributed by atoms with E-state index in [1.54, 1.807) is 0 Å². The summed E-state index contributed by atoms with van der Waals surface area (Å²) in [5, 5.41) is 0. The van der Waals surface area contributed by atoms with Gasteiger partial charge in [0.15, 0.2) is 0 Å². The molecule has 1 atom stereocenters. The molecule has 1 saturated carbocycles. The van der Waals surface area contributed by atoms with E-state index in [1.807, 2.05) is 13.8 Å². The van der Waals surface area contributed by atoms with Crippen molar-refractivity contribution < 1.29 is 18.7 Å². The van der Waals surface area contributed by atoms with Crippen LogP contribution in [0.1, 0.15) is 20.3 Å². The lowest BCUT2D eigenvalue weighted by Gasteiger charge is -2.02. The van der Waals surface area contributed by atoms with Crippen LogP contribution >= 0.6 is 0 Å². The maximum atomic E-state index is 13.2. The van der Waals surface area contributed by atoms with Crippen LogP contribution in [0.15, 0.2) is 11.9 Å². The maximum absolute atomic E-state index is 13.2. The summed E-state index contributed by atoms with van der Waals surface area (Å²) in [6, 6.07) is 0. The molecule has 3 nitrogen and oxygen atoms in total. The van der Waals surface area contributed by atoms with E-state index in [0.717, 1.165) is 6.42 Å². The van der Waals surface area contributed by atoms with Gasteiger partial charge in [-0.15, -0.1) is 0 Å². The Morgan fingerprint density at radius 1 is 1.53 bits per heavy atom. The number of ether oxygens (including phenoxy) is 2. The van der Waals surface area contributed by atoms with Crippen LogP contribution in [0, 0.1) is 11.3 Å². The Kier molecular flexibility index (Phi) is 3.85. The topological polar surface area (TPSA) is 35.5 Å². The molecule has 1 fully saturated rings. The monoisotopic (exact) mass is 216 g/mol. The number of carbonyl (C=O) groups excluding carboxylic acids is 1. The van der Waals surface area contributed by atoms with Crippen molar-refractivity contribution in [3.63, 3.8) is 0 Å². The normalized spacial score (nSPS) is 23.7. The van der Waals surface area contributed by atoms with E-state index >= 15 is 0 Å². The van der Waals surface area contributed by atoms with Crippen LogP contribution in [0.4, 0.5) is 4.39 Å². The second kappa shape index (κ2) is 4.75. The first-order valence-electron chi connectivity index (χ1n) is 5.01. The molecule has 0 spiro atoms. The molecule has 1 rings (SSSR count). The molecule has 0 aromatic carbocycles. The van der Waals surface area contributed by atoms with Gasteiger partial charge in [-0.2, -0.15) is 4.39 Å². The highest BCUT2D eigenvalue weighted by Crippen LogP contribution is 2.52. The Labute approximate surface area is 89.2 Å². The predicted molar refractivity (Wildman–Crippen MR) is 53.9 cm³/mol. The van der Waals surface area contributed by atoms with Gasteiger partial charge < -0.3 is 9.47 Å². The summed E-state index contributed by atoms with van der Waals surface area (Å²) in [5.41, 5.74) is 0.129. The van der Waals surface area contributed by atoms with E-state index in [4.69, 9.17) is 0 Å². The number of allylic oxidation sites excluding steroid dienone is 1. The molecule has 0 aliphatic heterocycles. The molecule has 0 heterocycles. The highest BCUT2D eigenvalue weighted by atomic mass is 19.1. The lowest BCUT2D eigenvalue weighted by Crippen LogP contribution is -2.10. The van der Waals surface area contributed by atoms with Crippen LogP contribution < -0.4 is 0 Å². The molecule has 1 aliphatic rings. The summed E-state index contributed by atoms with van der Waals surface area (Å²) >= 11 is 0. The summed E-state index contributed by atoms with van der Waals surface area (Å²) in [6.45, 7) is 4.45. The van der Waals surface area contributed by atoms with E-state index in [9.17, 15) is 9.18 Å². The molecule has 0 N–H and O–H groups in total. The Bertz CT molecular complexity index is 271. The molecule has 0 saturated heterocycles. The van der Waals surface area contributed by atoms with Crippen molar-refractivity contribution >= 4 is 5.97 Å². The molecule has 0 amide bonds. The Morgan fingerprint density at radius 2 is 2.13 bits per heavy atom. The van der Waals surface area contributed by atoms with E-state index in [1.165, 1.54) is 13.2 Å². The van der Waals surface area contributed by atoms with Gasteiger partial charge in [0.05, 0.1) is 6.61 Å². The van der Waals surface area contributed by atoms with Crippen molar-refractivity contribution in [2.75, 3.05) is 20.3 Å². The quantitative estimate of drug-likeness (QED) is 0.401. The minimum atomic E-state index is -0.894. The zero-order valence-electron chi connectivity index (χ0n) is 9.38. The molecule has 86 valence electrons. The number of hydrogen-bond acceptors (Lipinski definition) is 3. The fourth-order valence-corrected chi connectivity index (χ4v) is 1.32. The molecule has 0 aromatic rings. The first-order chi connectivity index (χ1) is 6.97. The average molecular weight is 216 g/mol. The number of hydrogen-bond donors (Lipinski definition) is 0. The average Bonchev–Trinajstić information content (AvgIpc) is 2.73. The molecule has 0 radical (unpaired) electrons. The van der Waals surface area contributed by atoms with Gasteiger partial charge in [-0.3, -0.25) is 0 Å². The summed E-state index contributed by atoms with van der Waals surface area (Å²) in [4.78, 5) is 11.1. The zero-order valence-corrected chi connectivity index (χ0v) is 9.38. The maximum Gasteiger partial charge on any atom is 0.366 e. The summed E-state index contributed by atoms with van der Waals surface area (Å²) in [6.07, 6.45) is 2.28. The van der Waals surface area contributed by atoms with Crippen LogP contribution in [-0.2, 0) is 14.3 Å². The lowest BCUT2D eigenvalue weighted by molar-refractivity contribution is -0.142. The zero-order chi connectivity index (χ0) is 11.5. The van der Waals surface area contributed by atoms with Gasteiger partial charge in [0, 0.05) is 7.11 Å². The number of methoxy groups -OCH3 is 1. The molecule has 4 heteroatoms. The highest BCUT2D eigenvalue weighted by Gasteiger charge is 2.44. The molecule has 0 bridgehead atoms. The van der Waals surface area contributed by atoms with Gasteiger partial charge >= 0.3 is 5.97 Å². The molecular formula is C11H17FO3. The minimum absolute atomic E-state index is 0.0879. The van der Waals surface area contributed by atoms with Gasteiger partial charge in [0.1, 0.15) is 6.61 Å². The summed E-state index contributed by atoms with van der Waals surface area (Å²) in [5.74, 6) is -1.52. The summed E-state index contributed by atoms with van der Waals surface area (Å²) < 4.78 is 22.5. The molecular weight excluding hydrogens is 199 g/mol. The molecule has 0 aromatic heterocycles. The van der Waals surface area contributed by atoms with Crippen LogP contribution in [0.5, 0.6) is 0 Å². The number of carbonyl (C=O) groups is 1. The van der Waals surface area contributed by atoms with E-state index in [2.05, 4.69) is 9.47 Å². The minimum Gasteiger partial charge on any atom is -0.458 e. The van der Waals surface area contributed by atoms with E-state index in [-0.39, 0.29) is 24.5 Å². The molecule has 1 aliphatic carbocycles. The highest BCUT2D eigenvalue weighted by molar-refractivity contribution is 5.86. The van der Waals surface area contributed by atoms with E-state index in [0.29, 0.717) is 0 Å². The van der Waals surface area contributed by atoms with Gasteiger partial charge in [0.25, 0.3) is 0 Å². The number of rotatable bonds is 5. The Morgan fingerprint density at radius 3 is 2.60 bits per heavy atom. The molecule has 1 unspecified atom stereocenters. The van der Waals surface area contributed by atoms with Crippen LogP contribution in [0.3, 0.4) is 0 Å². The van der Waals surface area contributed by atoms with Crippen LogP contribution in [0.25, 0.3) is 0 Å². The third-order valence-electron chi connectivity index (χ3n) is 2.65. The second-order valence-electron chi connectivity index (χ2n) is 4.44. The van der Waals surface area contributed by atoms with Crippen molar-refractivity contribution in [3.05, 3.63) is 11.9 Å². The van der Waals surface area contributed by atoms with Crippen molar-refractivity contribution in [2.45, 2.75) is 20.3 Å². The first kappa shape index (κ1) is 12.2. The van der Waals surface area contributed by atoms with Crippen molar-refractivity contribution in [2.24, 2.45) is 11.3 Å². The number of esters is 1. The van der Waals surface area contributed by atoms with Gasteiger partial charge in [-0.05, 0) is 23.8 Å². The Hall–Kier alpha value is -0.900. The van der Waals surface area contributed by atoms with Crippen LogP contribution in [0.2, 0.25) is 0 Å². The Balaban J connectivity index is 2.33. The number of halogens is 1. The van der Waals surface area contributed by atoms with Crippen molar-refractivity contribution in [1.29, 1.82) is 0 Å². The van der Waals surface area contributed by atoms with Gasteiger partial charge in [-0.25, -0.2) is 4.79 Å².